The molecule has 0 amide bonds. The average molecular weight is 234 g/mol. The lowest BCUT2D eigenvalue weighted by atomic mass is 10.0. The minimum Gasteiger partial charge on any atom is -0.478 e. The van der Waals surface area contributed by atoms with E-state index in [1.165, 1.54) is 6.07 Å². The topological polar surface area (TPSA) is 63.3 Å². The summed E-state index contributed by atoms with van der Waals surface area (Å²) in [7, 11) is 0. The van der Waals surface area contributed by atoms with Gasteiger partial charge in [-0.05, 0) is 18.1 Å². The molecule has 0 unspecified atom stereocenters. The number of carboxylic acids is 1. The van der Waals surface area contributed by atoms with E-state index in [2.05, 4.69) is 0 Å². The van der Waals surface area contributed by atoms with Gasteiger partial charge in [-0.3, -0.25) is 0 Å². The smallest absolute Gasteiger partial charge is 0.336 e. The average Bonchev–Trinajstić information content (AvgIpc) is 2.13. The Labute approximate surface area is 91.4 Å². The van der Waals surface area contributed by atoms with Gasteiger partial charge < -0.3 is 10.8 Å². The van der Waals surface area contributed by atoms with E-state index in [1.54, 1.807) is 6.92 Å². The number of aromatic carboxylic acids is 1. The standard InChI is InChI=1S/C9H9Cl2NO2/c1-2-4-5(9(13)14)3-6(10)8(12)7(4)11/h3H,2,12H2,1H3,(H,13,14). The van der Waals surface area contributed by atoms with Gasteiger partial charge in [0.2, 0.25) is 0 Å². The molecule has 1 aromatic rings. The second-order valence-corrected chi connectivity index (χ2v) is 3.56. The quantitative estimate of drug-likeness (QED) is 0.773. The molecule has 0 aliphatic heterocycles. The third-order valence-corrected chi connectivity index (χ3v) is 2.68. The van der Waals surface area contributed by atoms with Crippen LogP contribution in [0.2, 0.25) is 10.0 Å². The van der Waals surface area contributed by atoms with Gasteiger partial charge in [0.1, 0.15) is 0 Å². The fourth-order valence-electron chi connectivity index (χ4n) is 1.21. The number of carboxylic acid groups (broad SMARTS) is 1. The Bertz CT molecular complexity index is 391. The number of hydrogen-bond acceptors (Lipinski definition) is 2. The molecule has 1 aromatic carbocycles. The molecular formula is C9H9Cl2NO2. The Morgan fingerprint density at radius 1 is 1.57 bits per heavy atom. The minimum absolute atomic E-state index is 0.108. The summed E-state index contributed by atoms with van der Waals surface area (Å²) in [6, 6.07) is 1.32. The van der Waals surface area contributed by atoms with Crippen molar-refractivity contribution in [1.82, 2.24) is 0 Å². The zero-order chi connectivity index (χ0) is 10.9. The lowest BCUT2D eigenvalue weighted by molar-refractivity contribution is 0.0696. The fourth-order valence-corrected chi connectivity index (χ4v) is 1.80. The first-order valence-electron chi connectivity index (χ1n) is 3.98. The van der Waals surface area contributed by atoms with Gasteiger partial charge in [-0.2, -0.15) is 0 Å². The van der Waals surface area contributed by atoms with E-state index >= 15 is 0 Å². The lowest BCUT2D eigenvalue weighted by Crippen LogP contribution is -2.05. The SMILES string of the molecule is CCc1c(C(=O)O)cc(Cl)c(N)c1Cl. The highest BCUT2D eigenvalue weighted by atomic mass is 35.5. The maximum Gasteiger partial charge on any atom is 0.336 e. The summed E-state index contributed by atoms with van der Waals surface area (Å²) in [6.45, 7) is 1.81. The second kappa shape index (κ2) is 4.07. The van der Waals surface area contributed by atoms with Gasteiger partial charge in [0.15, 0.2) is 0 Å². The summed E-state index contributed by atoms with van der Waals surface area (Å²) in [5.41, 5.74) is 6.43. The first kappa shape index (κ1) is 11.1. The number of nitrogens with two attached hydrogens (primary N) is 1. The third kappa shape index (κ3) is 1.79. The molecule has 0 saturated heterocycles. The van der Waals surface area contributed by atoms with E-state index in [1.807, 2.05) is 0 Å². The molecule has 76 valence electrons. The number of halogens is 2. The van der Waals surface area contributed by atoms with E-state index in [4.69, 9.17) is 34.0 Å². The summed E-state index contributed by atoms with van der Waals surface area (Å²) in [4.78, 5) is 10.8. The molecule has 0 aliphatic carbocycles. The number of rotatable bonds is 2. The van der Waals surface area contributed by atoms with Gasteiger partial charge in [0.05, 0.1) is 21.3 Å². The minimum atomic E-state index is -1.05. The Kier molecular flexibility index (Phi) is 3.24. The second-order valence-electron chi connectivity index (χ2n) is 2.77. The monoisotopic (exact) mass is 233 g/mol. The molecule has 0 fully saturated rings. The van der Waals surface area contributed by atoms with E-state index in [9.17, 15) is 4.79 Å². The van der Waals surface area contributed by atoms with Crippen LogP contribution in [0, 0.1) is 0 Å². The van der Waals surface area contributed by atoms with Crippen LogP contribution in [0.4, 0.5) is 5.69 Å². The predicted octanol–water partition coefficient (Wildman–Crippen LogP) is 2.84. The summed E-state index contributed by atoms with van der Waals surface area (Å²) in [6.07, 6.45) is 0.502. The highest BCUT2D eigenvalue weighted by Crippen LogP contribution is 2.33. The van der Waals surface area contributed by atoms with Gasteiger partial charge in [-0.15, -0.1) is 0 Å². The van der Waals surface area contributed by atoms with Crippen LogP contribution in [0.3, 0.4) is 0 Å². The molecule has 0 radical (unpaired) electrons. The predicted molar refractivity (Wildman–Crippen MR) is 57.2 cm³/mol. The van der Waals surface area contributed by atoms with Crippen LogP contribution in [-0.4, -0.2) is 11.1 Å². The molecule has 0 bridgehead atoms. The zero-order valence-electron chi connectivity index (χ0n) is 7.47. The Morgan fingerprint density at radius 2 is 2.14 bits per heavy atom. The van der Waals surface area contributed by atoms with Crippen LogP contribution < -0.4 is 5.73 Å². The highest BCUT2D eigenvalue weighted by Gasteiger charge is 2.16. The summed E-state index contributed by atoms with van der Waals surface area (Å²) in [5, 5.41) is 9.28. The van der Waals surface area contributed by atoms with Gasteiger partial charge in [-0.25, -0.2) is 4.79 Å². The molecule has 1 rings (SSSR count). The Balaban J connectivity index is 3.51. The van der Waals surface area contributed by atoms with Crippen molar-refractivity contribution < 1.29 is 9.90 Å². The molecule has 0 saturated carbocycles. The molecule has 0 aromatic heterocycles. The maximum absolute atomic E-state index is 10.8. The van der Waals surface area contributed by atoms with Crippen LogP contribution in [0.15, 0.2) is 6.07 Å². The number of carbonyl (C=O) groups is 1. The van der Waals surface area contributed by atoms with Gasteiger partial charge in [0.25, 0.3) is 0 Å². The van der Waals surface area contributed by atoms with Crippen molar-refractivity contribution in [3.63, 3.8) is 0 Å². The molecule has 3 nitrogen and oxygen atoms in total. The largest absolute Gasteiger partial charge is 0.478 e. The molecule has 0 heterocycles. The maximum atomic E-state index is 10.8. The molecule has 5 heteroatoms. The first-order valence-corrected chi connectivity index (χ1v) is 4.74. The number of hydrogen-bond donors (Lipinski definition) is 2. The van der Waals surface area contributed by atoms with E-state index in [0.29, 0.717) is 12.0 Å². The van der Waals surface area contributed by atoms with Gasteiger partial charge >= 0.3 is 5.97 Å². The van der Waals surface area contributed by atoms with Crippen molar-refractivity contribution in [3.8, 4) is 0 Å². The molecule has 0 spiro atoms. The van der Waals surface area contributed by atoms with Crippen LogP contribution >= 0.6 is 23.2 Å². The van der Waals surface area contributed by atoms with Crippen LogP contribution in [0.1, 0.15) is 22.8 Å². The summed E-state index contributed by atoms with van der Waals surface area (Å²) >= 11 is 11.6. The molecule has 0 aliphatic rings. The van der Waals surface area contributed by atoms with Crippen LogP contribution in [-0.2, 0) is 6.42 Å². The van der Waals surface area contributed by atoms with Crippen molar-refractivity contribution in [1.29, 1.82) is 0 Å². The number of benzene rings is 1. The first-order chi connectivity index (χ1) is 6.49. The molecule has 3 N–H and O–H groups in total. The highest BCUT2D eigenvalue weighted by molar-refractivity contribution is 6.39. The van der Waals surface area contributed by atoms with Crippen molar-refractivity contribution in [2.24, 2.45) is 0 Å². The fraction of sp³-hybridized carbons (Fsp3) is 0.222. The molecular weight excluding hydrogens is 225 g/mol. The zero-order valence-corrected chi connectivity index (χ0v) is 8.99. The lowest BCUT2D eigenvalue weighted by Gasteiger charge is -2.10. The van der Waals surface area contributed by atoms with Crippen molar-refractivity contribution in [2.45, 2.75) is 13.3 Å². The van der Waals surface area contributed by atoms with Crippen molar-refractivity contribution in [3.05, 3.63) is 27.2 Å². The van der Waals surface area contributed by atoms with Crippen LogP contribution in [0.25, 0.3) is 0 Å². The van der Waals surface area contributed by atoms with E-state index in [0.717, 1.165) is 0 Å². The number of anilines is 1. The third-order valence-electron chi connectivity index (χ3n) is 1.94. The van der Waals surface area contributed by atoms with E-state index < -0.39 is 5.97 Å². The van der Waals surface area contributed by atoms with Crippen molar-refractivity contribution in [2.75, 3.05) is 5.73 Å². The van der Waals surface area contributed by atoms with Gasteiger partial charge in [0, 0.05) is 0 Å². The van der Waals surface area contributed by atoms with Gasteiger partial charge in [-0.1, -0.05) is 30.1 Å². The Morgan fingerprint density at radius 3 is 2.57 bits per heavy atom. The normalized spacial score (nSPS) is 10.2. The summed E-state index contributed by atoms with van der Waals surface area (Å²) < 4.78 is 0. The van der Waals surface area contributed by atoms with Crippen molar-refractivity contribution >= 4 is 34.9 Å². The summed E-state index contributed by atoms with van der Waals surface area (Å²) in [5.74, 6) is -1.05. The molecule has 0 atom stereocenters. The Hall–Kier alpha value is -0.930. The van der Waals surface area contributed by atoms with Crippen LogP contribution in [0.5, 0.6) is 0 Å². The molecule has 14 heavy (non-hydrogen) atoms. The van der Waals surface area contributed by atoms with E-state index in [-0.39, 0.29) is 21.3 Å². The number of nitrogen functional groups attached to an aromatic ring is 1.